The molecule has 1 fully saturated rings. The Balaban J connectivity index is 2.40. The summed E-state index contributed by atoms with van der Waals surface area (Å²) in [5.41, 5.74) is 0.943. The molecule has 1 aromatic heterocycles. The van der Waals surface area contributed by atoms with Crippen LogP contribution in [0.15, 0.2) is 6.07 Å². The molecule has 1 atom stereocenters. The highest BCUT2D eigenvalue weighted by Crippen LogP contribution is 2.27. The highest BCUT2D eigenvalue weighted by molar-refractivity contribution is 7.92. The lowest BCUT2D eigenvalue weighted by Crippen LogP contribution is -2.29. The Morgan fingerprint density at radius 1 is 1.22 bits per heavy atom. The first-order valence-electron chi connectivity index (χ1n) is 8.36. The molecule has 6 heteroatoms. The molecule has 2 heterocycles. The summed E-state index contributed by atoms with van der Waals surface area (Å²) in [7, 11) is -2.99. The lowest BCUT2D eigenvalue weighted by Gasteiger charge is -2.25. The third kappa shape index (κ3) is 4.22. The predicted octanol–water partition coefficient (Wildman–Crippen LogP) is 2.91. The first-order valence-corrected chi connectivity index (χ1v) is 10.1. The van der Waals surface area contributed by atoms with Crippen LogP contribution in [0, 0.1) is 0 Å². The van der Waals surface area contributed by atoms with Gasteiger partial charge in [-0.15, -0.1) is 0 Å². The van der Waals surface area contributed by atoms with Gasteiger partial charge in [0.1, 0.15) is 11.6 Å². The molecule has 0 aliphatic carbocycles. The van der Waals surface area contributed by atoms with Crippen LogP contribution in [0.4, 0.5) is 5.82 Å². The summed E-state index contributed by atoms with van der Waals surface area (Å²) in [5, 5.41) is -0.277. The van der Waals surface area contributed by atoms with Crippen LogP contribution >= 0.6 is 0 Å². The fourth-order valence-electron chi connectivity index (χ4n) is 2.55. The molecular formula is C17H29N3O2S. The molecule has 0 saturated carbocycles. The normalized spacial score (nSPS) is 22.2. The molecule has 1 saturated heterocycles. The van der Waals surface area contributed by atoms with Crippen LogP contribution in [0.25, 0.3) is 0 Å². The summed E-state index contributed by atoms with van der Waals surface area (Å²) >= 11 is 0. The summed E-state index contributed by atoms with van der Waals surface area (Å²) in [5.74, 6) is 2.12. The Labute approximate surface area is 140 Å². The van der Waals surface area contributed by atoms with E-state index >= 15 is 0 Å². The van der Waals surface area contributed by atoms with Gasteiger partial charge in [0.25, 0.3) is 0 Å². The average molecular weight is 340 g/mol. The summed E-state index contributed by atoms with van der Waals surface area (Å²) in [6.07, 6.45) is 0.647. The Bertz CT molecular complexity index is 663. The maximum Gasteiger partial charge on any atom is 0.154 e. The van der Waals surface area contributed by atoms with Crippen molar-refractivity contribution in [3.05, 3.63) is 17.6 Å². The molecule has 130 valence electrons. The van der Waals surface area contributed by atoms with Crippen LogP contribution in [-0.2, 0) is 15.3 Å². The molecule has 1 unspecified atom stereocenters. The van der Waals surface area contributed by atoms with Crippen LogP contribution in [0.1, 0.15) is 65.4 Å². The highest BCUT2D eigenvalue weighted by Gasteiger charge is 2.28. The van der Waals surface area contributed by atoms with Gasteiger partial charge < -0.3 is 4.90 Å². The van der Waals surface area contributed by atoms with Crippen molar-refractivity contribution < 1.29 is 8.42 Å². The number of hydrogen-bond donors (Lipinski definition) is 0. The molecule has 0 spiro atoms. The molecule has 1 aliphatic rings. The largest absolute Gasteiger partial charge is 0.355 e. The van der Waals surface area contributed by atoms with Crippen molar-refractivity contribution in [1.82, 2.24) is 9.97 Å². The van der Waals surface area contributed by atoms with Gasteiger partial charge in [0.2, 0.25) is 0 Å². The lowest BCUT2D eigenvalue weighted by atomic mass is 9.91. The van der Waals surface area contributed by atoms with Gasteiger partial charge in [-0.2, -0.15) is 0 Å². The molecule has 1 aromatic rings. The Morgan fingerprint density at radius 3 is 2.43 bits per heavy atom. The van der Waals surface area contributed by atoms with Crippen molar-refractivity contribution in [2.24, 2.45) is 0 Å². The number of sulfone groups is 1. The van der Waals surface area contributed by atoms with Gasteiger partial charge in [-0.25, -0.2) is 18.4 Å². The molecule has 5 nitrogen and oxygen atoms in total. The molecule has 23 heavy (non-hydrogen) atoms. The van der Waals surface area contributed by atoms with E-state index in [1.54, 1.807) is 6.92 Å². The fraction of sp³-hybridized carbons (Fsp3) is 0.765. The van der Waals surface area contributed by atoms with E-state index in [-0.39, 0.29) is 22.3 Å². The average Bonchev–Trinajstić information content (AvgIpc) is 2.57. The minimum Gasteiger partial charge on any atom is -0.355 e. The van der Waals surface area contributed by atoms with Crippen molar-refractivity contribution in [2.45, 2.75) is 64.5 Å². The zero-order valence-corrected chi connectivity index (χ0v) is 15.9. The van der Waals surface area contributed by atoms with Gasteiger partial charge in [0.05, 0.1) is 16.7 Å². The van der Waals surface area contributed by atoms with Gasteiger partial charge >= 0.3 is 0 Å². The molecule has 0 aromatic carbocycles. The highest BCUT2D eigenvalue weighted by atomic mass is 32.2. The van der Waals surface area contributed by atoms with Crippen LogP contribution in [0.2, 0.25) is 0 Å². The molecule has 2 rings (SSSR count). The van der Waals surface area contributed by atoms with Crippen LogP contribution in [0.3, 0.4) is 0 Å². The van der Waals surface area contributed by atoms with E-state index in [1.165, 1.54) is 0 Å². The van der Waals surface area contributed by atoms with E-state index in [4.69, 9.17) is 9.97 Å². The van der Waals surface area contributed by atoms with Crippen molar-refractivity contribution in [1.29, 1.82) is 0 Å². The first-order chi connectivity index (χ1) is 10.5. The number of aromatic nitrogens is 2. The topological polar surface area (TPSA) is 63.2 Å². The Kier molecular flexibility index (Phi) is 5.04. The lowest BCUT2D eigenvalue weighted by molar-refractivity contribution is 0.557. The number of rotatable bonds is 2. The summed E-state index contributed by atoms with van der Waals surface area (Å²) in [4.78, 5) is 11.5. The van der Waals surface area contributed by atoms with E-state index in [0.29, 0.717) is 13.0 Å². The fourth-order valence-corrected chi connectivity index (χ4v) is 3.90. The molecule has 0 amide bonds. The third-order valence-corrected chi connectivity index (χ3v) is 6.62. The van der Waals surface area contributed by atoms with E-state index in [0.717, 1.165) is 23.9 Å². The maximum absolute atomic E-state index is 12.1. The van der Waals surface area contributed by atoms with E-state index in [9.17, 15) is 8.42 Å². The minimum atomic E-state index is -2.99. The molecule has 1 aliphatic heterocycles. The molecule has 0 N–H and O–H groups in total. The van der Waals surface area contributed by atoms with E-state index in [1.807, 2.05) is 6.07 Å². The molecular weight excluding hydrogens is 310 g/mol. The number of hydrogen-bond acceptors (Lipinski definition) is 5. The first kappa shape index (κ1) is 18.2. The van der Waals surface area contributed by atoms with Crippen molar-refractivity contribution in [3.8, 4) is 0 Å². The quantitative estimate of drug-likeness (QED) is 0.829. The maximum atomic E-state index is 12.1. The minimum absolute atomic E-state index is 0.0629. The van der Waals surface area contributed by atoms with Crippen LogP contribution in [-0.4, -0.2) is 42.5 Å². The van der Waals surface area contributed by atoms with Crippen molar-refractivity contribution in [2.75, 3.05) is 23.7 Å². The number of nitrogens with zero attached hydrogens (tertiary/aromatic N) is 3. The molecule has 0 radical (unpaired) electrons. The van der Waals surface area contributed by atoms with Crippen molar-refractivity contribution >= 4 is 15.7 Å². The van der Waals surface area contributed by atoms with Gasteiger partial charge in [-0.05, 0) is 13.3 Å². The van der Waals surface area contributed by atoms with Crippen LogP contribution in [0.5, 0.6) is 0 Å². The Hall–Kier alpha value is -1.17. The van der Waals surface area contributed by atoms with Gasteiger partial charge in [-0.3, -0.25) is 0 Å². The van der Waals surface area contributed by atoms with Crippen LogP contribution < -0.4 is 4.90 Å². The zero-order chi connectivity index (χ0) is 17.4. The third-order valence-electron chi connectivity index (χ3n) is 4.40. The second-order valence-corrected chi connectivity index (χ2v) is 10.4. The molecule has 0 bridgehead atoms. The van der Waals surface area contributed by atoms with Crippen molar-refractivity contribution in [3.63, 3.8) is 0 Å². The second kappa shape index (κ2) is 6.38. The van der Waals surface area contributed by atoms with Gasteiger partial charge in [0.15, 0.2) is 9.84 Å². The second-order valence-electron chi connectivity index (χ2n) is 7.83. The standard InChI is InChI=1S/C17H29N3O2S/c1-12(2)16-18-14(17(4,5)6)11-15(19-16)20-8-7-13(3)23(21,22)10-9-20/h11-13H,7-10H2,1-6H3. The summed E-state index contributed by atoms with van der Waals surface area (Å²) < 4.78 is 24.2. The van der Waals surface area contributed by atoms with E-state index < -0.39 is 9.84 Å². The monoisotopic (exact) mass is 339 g/mol. The summed E-state index contributed by atoms with van der Waals surface area (Å²) in [6.45, 7) is 13.6. The SMILES string of the molecule is CC(C)c1nc(N2CCC(C)S(=O)(=O)CC2)cc(C(C)(C)C)n1. The van der Waals surface area contributed by atoms with E-state index in [2.05, 4.69) is 39.5 Å². The number of anilines is 1. The summed E-state index contributed by atoms with van der Waals surface area (Å²) in [6, 6.07) is 2.02. The van der Waals surface area contributed by atoms with Gasteiger partial charge in [-0.1, -0.05) is 34.6 Å². The Morgan fingerprint density at radius 2 is 1.87 bits per heavy atom. The van der Waals surface area contributed by atoms with Gasteiger partial charge in [0, 0.05) is 30.5 Å². The zero-order valence-electron chi connectivity index (χ0n) is 15.1. The smallest absolute Gasteiger partial charge is 0.154 e. The predicted molar refractivity (Wildman–Crippen MR) is 94.9 cm³/mol.